The van der Waals surface area contributed by atoms with Gasteiger partial charge in [-0.2, -0.15) is 5.26 Å². The van der Waals surface area contributed by atoms with E-state index in [0.29, 0.717) is 27.8 Å². The van der Waals surface area contributed by atoms with Crippen LogP contribution >= 0.6 is 23.8 Å². The Morgan fingerprint density at radius 2 is 2.07 bits per heavy atom. The van der Waals surface area contributed by atoms with E-state index in [9.17, 15) is 14.4 Å². The molecule has 0 saturated carbocycles. The average molecular weight is 433 g/mol. The highest BCUT2D eigenvalue weighted by molar-refractivity contribution is 7.80. The van der Waals surface area contributed by atoms with Crippen LogP contribution in [0.1, 0.15) is 29.9 Å². The van der Waals surface area contributed by atoms with Crippen molar-refractivity contribution in [3.05, 3.63) is 63.3 Å². The number of nitrogens with one attached hydrogen (secondary N) is 1. The summed E-state index contributed by atoms with van der Waals surface area (Å²) in [7, 11) is 3.07. The van der Waals surface area contributed by atoms with E-state index in [2.05, 4.69) is 11.4 Å². The highest BCUT2D eigenvalue weighted by Gasteiger charge is 2.37. The van der Waals surface area contributed by atoms with E-state index < -0.39 is 17.8 Å². The molecule has 150 valence electrons. The van der Waals surface area contributed by atoms with Gasteiger partial charge in [0.2, 0.25) is 0 Å². The number of allylic oxidation sites excluding steroid dienone is 1. The zero-order valence-corrected chi connectivity index (χ0v) is 17.8. The molecule has 0 amide bonds. The van der Waals surface area contributed by atoms with Crippen molar-refractivity contribution >= 4 is 40.6 Å². The van der Waals surface area contributed by atoms with Crippen LogP contribution in [0, 0.1) is 24.1 Å². The first-order valence-corrected chi connectivity index (χ1v) is 9.41. The smallest absolute Gasteiger partial charge is 0.337 e. The molecule has 0 bridgehead atoms. The summed E-state index contributed by atoms with van der Waals surface area (Å²) >= 11 is 11.5. The van der Waals surface area contributed by atoms with Crippen LogP contribution in [0.2, 0.25) is 5.02 Å². The van der Waals surface area contributed by atoms with Gasteiger partial charge in [0, 0.05) is 29.7 Å². The number of esters is 1. The maximum atomic E-state index is 13.6. The van der Waals surface area contributed by atoms with Gasteiger partial charge in [0.1, 0.15) is 17.6 Å². The lowest BCUT2D eigenvalue weighted by molar-refractivity contribution is -0.136. The lowest BCUT2D eigenvalue weighted by Gasteiger charge is -2.37. The van der Waals surface area contributed by atoms with E-state index in [1.807, 2.05) is 6.92 Å². The van der Waals surface area contributed by atoms with Gasteiger partial charge in [-0.1, -0.05) is 11.6 Å². The van der Waals surface area contributed by atoms with Gasteiger partial charge in [-0.15, -0.1) is 0 Å². The third kappa shape index (κ3) is 3.48. The molecule has 2 heterocycles. The number of nitriles is 1. The van der Waals surface area contributed by atoms with Crippen molar-refractivity contribution in [2.45, 2.75) is 19.9 Å². The van der Waals surface area contributed by atoms with E-state index >= 15 is 0 Å². The van der Waals surface area contributed by atoms with Gasteiger partial charge >= 0.3 is 5.97 Å². The molecule has 1 atom stereocenters. The van der Waals surface area contributed by atoms with Crippen LogP contribution < -0.4 is 10.2 Å². The maximum Gasteiger partial charge on any atom is 0.337 e. The van der Waals surface area contributed by atoms with E-state index in [0.717, 1.165) is 11.3 Å². The molecule has 0 fully saturated rings. The minimum absolute atomic E-state index is 0.0580. The van der Waals surface area contributed by atoms with Gasteiger partial charge in [-0.05, 0) is 50.3 Å². The molecule has 0 spiro atoms. The molecule has 29 heavy (non-hydrogen) atoms. The first-order chi connectivity index (χ1) is 13.7. The van der Waals surface area contributed by atoms with Crippen LogP contribution in [-0.4, -0.2) is 22.8 Å². The lowest BCUT2D eigenvalue weighted by Crippen LogP contribution is -2.48. The zero-order valence-electron chi connectivity index (χ0n) is 16.2. The summed E-state index contributed by atoms with van der Waals surface area (Å²) in [5, 5.41) is 12.8. The number of aromatic nitrogens is 1. The molecule has 0 saturated heterocycles. The Kier molecular flexibility index (Phi) is 5.64. The Hall–Kier alpha value is -2.89. The van der Waals surface area contributed by atoms with Gasteiger partial charge < -0.3 is 14.6 Å². The lowest BCUT2D eigenvalue weighted by atomic mass is 9.94. The molecule has 1 aliphatic heterocycles. The molecule has 1 N–H and O–H groups in total. The van der Waals surface area contributed by atoms with Crippen LogP contribution in [0.4, 0.5) is 10.1 Å². The summed E-state index contributed by atoms with van der Waals surface area (Å²) < 4.78 is 20.4. The number of benzene rings is 1. The standard InChI is InChI=1S/C20H18ClFN4O2S/c1-10-14(7-13(9-23)25(10)3)18-17(19(27)28-4)11(2)26(20(29)24-18)12-5-6-16(22)15(21)8-12/h5-8,18H,1-4H3,(H,24,29). The molecule has 1 aliphatic rings. The number of halogens is 2. The number of anilines is 1. The predicted octanol–water partition coefficient (Wildman–Crippen LogP) is 3.88. The first-order valence-electron chi connectivity index (χ1n) is 8.62. The Bertz CT molecular complexity index is 1100. The highest BCUT2D eigenvalue weighted by atomic mass is 35.5. The van der Waals surface area contributed by atoms with Crippen molar-refractivity contribution < 1.29 is 13.9 Å². The van der Waals surface area contributed by atoms with Gasteiger partial charge in [0.15, 0.2) is 5.11 Å². The highest BCUT2D eigenvalue weighted by Crippen LogP contribution is 2.37. The normalized spacial score (nSPS) is 16.5. The van der Waals surface area contributed by atoms with Crippen molar-refractivity contribution in [1.82, 2.24) is 9.88 Å². The number of rotatable bonds is 3. The Balaban J connectivity index is 2.20. The molecule has 0 aliphatic carbocycles. The second kappa shape index (κ2) is 7.85. The summed E-state index contributed by atoms with van der Waals surface area (Å²) in [5.41, 5.74) is 3.38. The fraction of sp³-hybridized carbons (Fsp3) is 0.250. The monoisotopic (exact) mass is 432 g/mol. The minimum atomic E-state index is -0.601. The molecule has 9 heteroatoms. The summed E-state index contributed by atoms with van der Waals surface area (Å²) in [6, 6.07) is 7.44. The molecule has 3 rings (SSSR count). The van der Waals surface area contributed by atoms with Crippen molar-refractivity contribution in [1.29, 1.82) is 5.26 Å². The number of thiocarbonyl (C=S) groups is 1. The first kappa shape index (κ1) is 20.8. The average Bonchev–Trinajstić information content (AvgIpc) is 2.98. The van der Waals surface area contributed by atoms with Crippen molar-refractivity contribution in [2.75, 3.05) is 12.0 Å². The molecule has 6 nitrogen and oxygen atoms in total. The van der Waals surface area contributed by atoms with Gasteiger partial charge in [0.25, 0.3) is 0 Å². The molecular formula is C20H18ClFN4O2S. The van der Waals surface area contributed by atoms with E-state index in [-0.39, 0.29) is 5.02 Å². The van der Waals surface area contributed by atoms with E-state index in [1.165, 1.54) is 25.3 Å². The fourth-order valence-electron chi connectivity index (χ4n) is 3.41. The molecule has 1 aromatic heterocycles. The number of hydrogen-bond donors (Lipinski definition) is 1. The Labute approximate surface area is 178 Å². The van der Waals surface area contributed by atoms with Crippen LogP contribution in [0.5, 0.6) is 0 Å². The third-order valence-electron chi connectivity index (χ3n) is 5.05. The number of carbonyl (C=O) groups is 1. The van der Waals surface area contributed by atoms with Crippen LogP contribution in [0.3, 0.4) is 0 Å². The predicted molar refractivity (Wildman–Crippen MR) is 112 cm³/mol. The quantitative estimate of drug-likeness (QED) is 0.586. The van der Waals surface area contributed by atoms with E-state index in [4.69, 9.17) is 28.6 Å². The number of carbonyl (C=O) groups excluding carboxylic acids is 1. The zero-order chi connectivity index (χ0) is 21.5. The fourth-order valence-corrected chi connectivity index (χ4v) is 3.94. The second-order valence-electron chi connectivity index (χ2n) is 6.55. The Morgan fingerprint density at radius 1 is 1.38 bits per heavy atom. The van der Waals surface area contributed by atoms with Crippen molar-refractivity contribution in [3.63, 3.8) is 0 Å². The minimum Gasteiger partial charge on any atom is -0.466 e. The SMILES string of the molecule is COC(=O)C1=C(C)N(c2ccc(F)c(Cl)c2)C(=S)NC1c1cc(C#N)n(C)c1C. The third-order valence-corrected chi connectivity index (χ3v) is 5.64. The van der Waals surface area contributed by atoms with Crippen LogP contribution in [-0.2, 0) is 16.6 Å². The maximum absolute atomic E-state index is 13.6. The summed E-state index contributed by atoms with van der Waals surface area (Å²) in [4.78, 5) is 14.3. The summed E-state index contributed by atoms with van der Waals surface area (Å²) in [5.74, 6) is -1.09. The van der Waals surface area contributed by atoms with Crippen LogP contribution in [0.15, 0.2) is 35.5 Å². The summed E-state index contributed by atoms with van der Waals surface area (Å²) in [6.07, 6.45) is 0. The van der Waals surface area contributed by atoms with Crippen molar-refractivity contribution in [3.8, 4) is 6.07 Å². The van der Waals surface area contributed by atoms with Gasteiger partial charge in [0.05, 0.1) is 23.7 Å². The number of nitrogens with zero attached hydrogens (tertiary/aromatic N) is 3. The molecule has 1 unspecified atom stereocenters. The number of methoxy groups -OCH3 is 1. The largest absolute Gasteiger partial charge is 0.466 e. The Morgan fingerprint density at radius 3 is 2.62 bits per heavy atom. The topological polar surface area (TPSA) is 70.3 Å². The van der Waals surface area contributed by atoms with Crippen LogP contribution in [0.25, 0.3) is 0 Å². The van der Waals surface area contributed by atoms with E-state index in [1.54, 1.807) is 29.5 Å². The molecule has 0 radical (unpaired) electrons. The van der Waals surface area contributed by atoms with Crippen molar-refractivity contribution in [2.24, 2.45) is 7.05 Å². The van der Waals surface area contributed by atoms with Gasteiger partial charge in [-0.25, -0.2) is 9.18 Å². The molecule has 1 aromatic carbocycles. The number of ether oxygens (including phenoxy) is 1. The van der Waals surface area contributed by atoms with Gasteiger partial charge in [-0.3, -0.25) is 4.90 Å². The molecular weight excluding hydrogens is 415 g/mol. The second-order valence-corrected chi connectivity index (χ2v) is 7.34. The number of hydrogen-bond acceptors (Lipinski definition) is 4. The molecule has 2 aromatic rings. The summed E-state index contributed by atoms with van der Waals surface area (Å²) in [6.45, 7) is 3.59.